The summed E-state index contributed by atoms with van der Waals surface area (Å²) in [4.78, 5) is 26.6. The van der Waals surface area contributed by atoms with Crippen LogP contribution in [0.2, 0.25) is 0 Å². The molecule has 4 rings (SSSR count). The number of esters is 2. The predicted molar refractivity (Wildman–Crippen MR) is 146 cm³/mol. The average Bonchev–Trinajstić information content (AvgIpc) is 3.29. The van der Waals surface area contributed by atoms with Gasteiger partial charge in [0, 0.05) is 19.8 Å². The summed E-state index contributed by atoms with van der Waals surface area (Å²) in [6.07, 6.45) is 5.52. The van der Waals surface area contributed by atoms with Crippen molar-refractivity contribution >= 4 is 65.8 Å². The summed E-state index contributed by atoms with van der Waals surface area (Å²) in [6.45, 7) is 0.126. The third kappa shape index (κ3) is 6.60. The number of rotatable bonds is 7. The van der Waals surface area contributed by atoms with Crippen molar-refractivity contribution in [2.75, 3.05) is 0 Å². The number of hydrogen-bond acceptors (Lipinski definition) is 4. The molecular weight excluding hydrogens is 640 g/mol. The summed E-state index contributed by atoms with van der Waals surface area (Å²) in [5.74, 6) is -1.26. The van der Waals surface area contributed by atoms with Gasteiger partial charge in [-0.2, -0.15) is 0 Å². The van der Waals surface area contributed by atoms with E-state index in [2.05, 4.69) is 47.8 Å². The minimum atomic E-state index is -1.54. The summed E-state index contributed by atoms with van der Waals surface area (Å²) in [5, 5.41) is 0. The Morgan fingerprint density at radius 3 is 1.60 bits per heavy atom. The van der Waals surface area contributed by atoms with E-state index in [-0.39, 0.29) is 19.6 Å². The van der Waals surface area contributed by atoms with Crippen LogP contribution < -0.4 is 0 Å². The van der Waals surface area contributed by atoms with Crippen molar-refractivity contribution in [3.05, 3.63) is 121 Å². The number of halogens is 3. The quantitative estimate of drug-likeness (QED) is 0.192. The van der Waals surface area contributed by atoms with Gasteiger partial charge in [-0.15, -0.1) is 0 Å². The van der Waals surface area contributed by atoms with Crippen molar-refractivity contribution in [2.24, 2.45) is 5.41 Å². The maximum Gasteiger partial charge on any atom is 0.328 e. The van der Waals surface area contributed by atoms with Crippen LogP contribution in [-0.2, 0) is 32.3 Å². The molecule has 0 unspecified atom stereocenters. The second kappa shape index (κ2) is 11.5. The molecule has 3 aromatic carbocycles. The minimum absolute atomic E-state index is 0.0630. The third-order valence-corrected chi connectivity index (χ3v) is 7.17. The van der Waals surface area contributed by atoms with Crippen molar-refractivity contribution in [1.82, 2.24) is 0 Å². The Bertz CT molecular complexity index is 1200. The first-order valence-corrected chi connectivity index (χ1v) is 13.2. The Morgan fingerprint density at radius 1 is 0.714 bits per heavy atom. The first kappa shape index (κ1) is 25.6. The van der Waals surface area contributed by atoms with Gasteiger partial charge in [0.15, 0.2) is 5.41 Å². The highest BCUT2D eigenvalue weighted by molar-refractivity contribution is 9.11. The summed E-state index contributed by atoms with van der Waals surface area (Å²) in [5.41, 5.74) is 1.93. The normalized spacial score (nSPS) is 15.2. The fourth-order valence-electron chi connectivity index (χ4n) is 3.64. The Morgan fingerprint density at radius 2 is 1.14 bits per heavy atom. The van der Waals surface area contributed by atoms with Crippen LogP contribution in [0.25, 0.3) is 6.08 Å². The van der Waals surface area contributed by atoms with E-state index in [4.69, 9.17) is 9.47 Å². The Hall–Kier alpha value is -2.48. The smallest absolute Gasteiger partial charge is 0.328 e. The summed E-state index contributed by atoms with van der Waals surface area (Å²) in [6, 6.07) is 22.7. The molecule has 1 aliphatic carbocycles. The van der Waals surface area contributed by atoms with Crippen molar-refractivity contribution in [3.8, 4) is 0 Å². The lowest BCUT2D eigenvalue weighted by Gasteiger charge is -2.23. The Kier molecular flexibility index (Phi) is 8.42. The zero-order chi connectivity index (χ0) is 24.8. The van der Waals surface area contributed by atoms with Gasteiger partial charge in [0.1, 0.15) is 13.2 Å². The zero-order valence-corrected chi connectivity index (χ0v) is 23.3. The SMILES string of the molecule is O=C(OCc1ccc(Br)cc1)C1(C(=O)OCc2ccc(Br)cc2)C=C/C(=C/c2ccc(Br)cc2)C1. The molecule has 0 spiro atoms. The molecule has 3 aromatic rings. The van der Waals surface area contributed by atoms with Gasteiger partial charge in [0.2, 0.25) is 0 Å². The molecule has 4 nitrogen and oxygen atoms in total. The summed E-state index contributed by atoms with van der Waals surface area (Å²) < 4.78 is 14.1. The fourth-order valence-corrected chi connectivity index (χ4v) is 4.43. The molecule has 0 saturated carbocycles. The van der Waals surface area contributed by atoms with Crippen molar-refractivity contribution in [2.45, 2.75) is 19.6 Å². The second-order valence-corrected chi connectivity index (χ2v) is 10.9. The standard InChI is InChI=1S/C28H21Br3O4/c29-23-7-1-19(2-8-23)15-22-13-14-28(16-22,26(32)34-17-20-3-9-24(30)10-4-20)27(33)35-18-21-5-11-25(31)12-6-21/h1-15H,16-18H2/b22-15-. The van der Waals surface area contributed by atoms with Crippen LogP contribution in [0, 0.1) is 5.41 Å². The minimum Gasteiger partial charge on any atom is -0.460 e. The van der Waals surface area contributed by atoms with E-state index >= 15 is 0 Å². The predicted octanol–water partition coefficient (Wildman–Crippen LogP) is 7.79. The van der Waals surface area contributed by atoms with Gasteiger partial charge in [-0.05, 0) is 58.7 Å². The van der Waals surface area contributed by atoms with Crippen LogP contribution in [0.4, 0.5) is 0 Å². The highest BCUT2D eigenvalue weighted by atomic mass is 79.9. The van der Waals surface area contributed by atoms with Gasteiger partial charge in [0.25, 0.3) is 0 Å². The van der Waals surface area contributed by atoms with Crippen molar-refractivity contribution in [3.63, 3.8) is 0 Å². The highest BCUT2D eigenvalue weighted by Crippen LogP contribution is 2.39. The van der Waals surface area contributed by atoms with Gasteiger partial charge < -0.3 is 9.47 Å². The Balaban J connectivity index is 1.53. The summed E-state index contributed by atoms with van der Waals surface area (Å²) >= 11 is 10.2. The Labute approximate surface area is 229 Å². The van der Waals surface area contributed by atoms with E-state index in [9.17, 15) is 9.59 Å². The van der Waals surface area contributed by atoms with Crippen LogP contribution in [0.1, 0.15) is 23.1 Å². The maximum absolute atomic E-state index is 13.3. The molecule has 7 heteroatoms. The molecule has 0 atom stereocenters. The number of allylic oxidation sites excluding steroid dienone is 2. The molecule has 0 saturated heterocycles. The topological polar surface area (TPSA) is 52.6 Å². The van der Waals surface area contributed by atoms with Gasteiger partial charge in [-0.25, -0.2) is 0 Å². The number of hydrogen-bond donors (Lipinski definition) is 0. The molecule has 35 heavy (non-hydrogen) atoms. The zero-order valence-electron chi connectivity index (χ0n) is 18.5. The lowest BCUT2D eigenvalue weighted by molar-refractivity contribution is -0.169. The van der Waals surface area contributed by atoms with Gasteiger partial charge in [0.05, 0.1) is 0 Å². The molecule has 0 fully saturated rings. The number of carbonyl (C=O) groups excluding carboxylic acids is 2. The van der Waals surface area contributed by atoms with Crippen LogP contribution >= 0.6 is 47.8 Å². The van der Waals surface area contributed by atoms with Gasteiger partial charge in [-0.1, -0.05) is 102 Å². The molecule has 178 valence electrons. The van der Waals surface area contributed by atoms with Crippen molar-refractivity contribution in [1.29, 1.82) is 0 Å². The van der Waals surface area contributed by atoms with Crippen LogP contribution in [0.3, 0.4) is 0 Å². The van der Waals surface area contributed by atoms with E-state index in [0.717, 1.165) is 35.7 Å². The second-order valence-electron chi connectivity index (χ2n) is 8.16. The van der Waals surface area contributed by atoms with Gasteiger partial charge in [-0.3, -0.25) is 9.59 Å². The van der Waals surface area contributed by atoms with Crippen LogP contribution in [0.5, 0.6) is 0 Å². The summed E-state index contributed by atoms with van der Waals surface area (Å²) in [7, 11) is 0. The monoisotopic (exact) mass is 658 g/mol. The average molecular weight is 661 g/mol. The number of ether oxygens (including phenoxy) is 2. The molecule has 0 aliphatic heterocycles. The van der Waals surface area contributed by atoms with E-state index in [1.165, 1.54) is 0 Å². The molecule has 0 aromatic heterocycles. The van der Waals surface area contributed by atoms with E-state index in [1.807, 2.05) is 78.9 Å². The first-order chi connectivity index (χ1) is 16.8. The van der Waals surface area contributed by atoms with Crippen LogP contribution in [0.15, 0.2) is 104 Å². The van der Waals surface area contributed by atoms with Crippen LogP contribution in [-0.4, -0.2) is 11.9 Å². The van der Waals surface area contributed by atoms with E-state index in [1.54, 1.807) is 12.2 Å². The maximum atomic E-state index is 13.3. The number of carbonyl (C=O) groups is 2. The molecule has 0 bridgehead atoms. The van der Waals surface area contributed by atoms with E-state index in [0.29, 0.717) is 0 Å². The molecule has 1 aliphatic rings. The molecule has 0 heterocycles. The molecule has 0 N–H and O–H groups in total. The molecular formula is C28H21Br3O4. The lowest BCUT2D eigenvalue weighted by Crippen LogP contribution is -2.39. The lowest BCUT2D eigenvalue weighted by atomic mass is 9.86. The number of benzene rings is 3. The highest BCUT2D eigenvalue weighted by Gasteiger charge is 2.49. The third-order valence-electron chi connectivity index (χ3n) is 5.58. The van der Waals surface area contributed by atoms with Crippen molar-refractivity contribution < 1.29 is 19.1 Å². The van der Waals surface area contributed by atoms with E-state index < -0.39 is 17.4 Å². The fraction of sp³-hybridized carbons (Fsp3) is 0.143. The molecule has 0 radical (unpaired) electrons. The van der Waals surface area contributed by atoms with Gasteiger partial charge >= 0.3 is 11.9 Å². The largest absolute Gasteiger partial charge is 0.460 e. The molecule has 0 amide bonds. The first-order valence-electron chi connectivity index (χ1n) is 10.8.